The van der Waals surface area contributed by atoms with Gasteiger partial charge in [-0.3, -0.25) is 0 Å². The first-order valence-electron chi connectivity index (χ1n) is 10.1. The second-order valence-corrected chi connectivity index (χ2v) is 12.6. The minimum absolute atomic E-state index is 0.0242. The molecule has 0 heterocycles. The van der Waals surface area contributed by atoms with Crippen molar-refractivity contribution in [2.75, 3.05) is 0 Å². The molecule has 0 saturated heterocycles. The minimum atomic E-state index is -2.31. The maximum Gasteiger partial charge on any atom is 0.219 e. The van der Waals surface area contributed by atoms with Crippen molar-refractivity contribution in [1.29, 1.82) is 0 Å². The Morgan fingerprint density at radius 2 is 1.41 bits per heavy atom. The van der Waals surface area contributed by atoms with E-state index in [0.29, 0.717) is 5.92 Å². The van der Waals surface area contributed by atoms with E-state index in [1.165, 1.54) is 10.4 Å². The molecule has 0 bridgehead atoms. The summed E-state index contributed by atoms with van der Waals surface area (Å²) in [5, 5.41) is 4.53. The van der Waals surface area contributed by atoms with Crippen LogP contribution in [0.3, 0.4) is 0 Å². The van der Waals surface area contributed by atoms with Crippen LogP contribution in [0.5, 0.6) is 0 Å². The Hall–Kier alpha value is -1.90. The predicted octanol–water partition coefficient (Wildman–Crippen LogP) is 4.98. The molecule has 2 aromatic carbocycles. The summed E-state index contributed by atoms with van der Waals surface area (Å²) in [5.41, 5.74) is 1.57. The first-order chi connectivity index (χ1) is 12.8. The Labute approximate surface area is 166 Å². The van der Waals surface area contributed by atoms with Gasteiger partial charge in [0, 0.05) is 5.54 Å². The minimum Gasteiger partial charge on any atom is -0.322 e. The molecule has 2 heteroatoms. The average Bonchev–Trinajstić information content (AvgIpc) is 3.08. The normalized spacial score (nSPS) is 15.0. The number of rotatable bonds is 6. The Morgan fingerprint density at radius 1 is 0.889 bits per heavy atom. The highest BCUT2D eigenvalue weighted by Gasteiger charge is 2.45. The van der Waals surface area contributed by atoms with Crippen LogP contribution >= 0.6 is 0 Å². The molecule has 0 amide bonds. The highest BCUT2D eigenvalue weighted by atomic mass is 28.3. The molecule has 1 nitrogen and oxygen atoms in total. The van der Waals surface area contributed by atoms with Crippen molar-refractivity contribution in [2.45, 2.75) is 53.0 Å². The monoisotopic (exact) mass is 375 g/mol. The van der Waals surface area contributed by atoms with Gasteiger partial charge in [0.05, 0.1) is 0 Å². The van der Waals surface area contributed by atoms with Crippen LogP contribution in [0.25, 0.3) is 0 Å². The van der Waals surface area contributed by atoms with Crippen molar-refractivity contribution in [2.24, 2.45) is 5.92 Å². The van der Waals surface area contributed by atoms with Crippen LogP contribution in [-0.4, -0.2) is 13.8 Å². The third kappa shape index (κ3) is 4.34. The fourth-order valence-electron chi connectivity index (χ4n) is 4.25. The smallest absolute Gasteiger partial charge is 0.219 e. The third-order valence-corrected chi connectivity index (χ3v) is 10.0. The standard InChI is InChI=1S/C25H33NSi/c1-20(2)19-21-13-12-18-24(21)27(26-25(3,4)5,22-14-8-6-9-15-22)23-16-10-7-11-17-23/h6-17,20,26H,18-19H2,1-5H3. The largest absolute Gasteiger partial charge is 0.322 e. The summed E-state index contributed by atoms with van der Waals surface area (Å²) in [4.78, 5) is 4.19. The van der Waals surface area contributed by atoms with Crippen molar-refractivity contribution in [3.8, 4) is 0 Å². The van der Waals surface area contributed by atoms with Gasteiger partial charge in [0.2, 0.25) is 8.24 Å². The Morgan fingerprint density at radius 3 is 1.85 bits per heavy atom. The van der Waals surface area contributed by atoms with E-state index in [4.69, 9.17) is 0 Å². The van der Waals surface area contributed by atoms with E-state index in [1.807, 2.05) is 0 Å². The van der Waals surface area contributed by atoms with E-state index in [-0.39, 0.29) is 5.54 Å². The molecule has 0 unspecified atom stereocenters. The molecule has 0 atom stereocenters. The van der Waals surface area contributed by atoms with E-state index >= 15 is 0 Å². The molecule has 1 N–H and O–H groups in total. The molecule has 0 fully saturated rings. The molecule has 142 valence electrons. The lowest BCUT2D eigenvalue weighted by Crippen LogP contribution is -2.74. The number of nitrogens with one attached hydrogen (secondary N) is 1. The molecular formula is C25H33NSi. The molecule has 0 saturated carbocycles. The van der Waals surface area contributed by atoms with Crippen molar-refractivity contribution < 1.29 is 0 Å². The van der Waals surface area contributed by atoms with Gasteiger partial charge in [-0.2, -0.15) is 0 Å². The lowest BCUT2D eigenvalue weighted by molar-refractivity contribution is 0.517. The van der Waals surface area contributed by atoms with Gasteiger partial charge in [0.25, 0.3) is 0 Å². The molecule has 0 aliphatic heterocycles. The van der Waals surface area contributed by atoms with Gasteiger partial charge in [-0.1, -0.05) is 97.4 Å². The SMILES string of the molecule is CC(C)CC1=C([Si](NC(C)(C)C)(c2ccccc2)c2ccccc2)CC=C1. The Bertz CT molecular complexity index is 771. The lowest BCUT2D eigenvalue weighted by Gasteiger charge is -2.41. The van der Waals surface area contributed by atoms with Crippen molar-refractivity contribution in [1.82, 2.24) is 4.98 Å². The van der Waals surface area contributed by atoms with Crippen LogP contribution in [0.2, 0.25) is 0 Å². The highest BCUT2D eigenvalue weighted by Crippen LogP contribution is 2.32. The average molecular weight is 376 g/mol. The molecule has 27 heavy (non-hydrogen) atoms. The van der Waals surface area contributed by atoms with Crippen molar-refractivity contribution in [3.63, 3.8) is 0 Å². The maximum absolute atomic E-state index is 4.19. The zero-order chi connectivity index (χ0) is 19.5. The Kier molecular flexibility index (Phi) is 5.88. The van der Waals surface area contributed by atoms with E-state index in [0.717, 1.165) is 12.8 Å². The first kappa shape index (κ1) is 19.8. The van der Waals surface area contributed by atoms with Crippen LogP contribution in [0, 0.1) is 5.92 Å². The van der Waals surface area contributed by atoms with Gasteiger partial charge < -0.3 is 4.98 Å². The molecule has 0 spiro atoms. The zero-order valence-corrected chi connectivity index (χ0v) is 18.4. The van der Waals surface area contributed by atoms with Gasteiger partial charge in [-0.05, 0) is 49.9 Å². The number of hydrogen-bond acceptors (Lipinski definition) is 1. The van der Waals surface area contributed by atoms with Gasteiger partial charge in [-0.25, -0.2) is 0 Å². The van der Waals surface area contributed by atoms with Crippen molar-refractivity contribution >= 4 is 18.6 Å². The quantitative estimate of drug-likeness (QED) is 0.703. The third-order valence-electron chi connectivity index (χ3n) is 5.09. The summed E-state index contributed by atoms with van der Waals surface area (Å²) in [6.07, 6.45) is 6.95. The fourth-order valence-corrected chi connectivity index (χ4v) is 9.32. The number of benzene rings is 2. The van der Waals surface area contributed by atoms with Gasteiger partial charge in [0.1, 0.15) is 0 Å². The lowest BCUT2D eigenvalue weighted by atomic mass is 10.0. The number of hydrogen-bond donors (Lipinski definition) is 1. The fraction of sp³-hybridized carbons (Fsp3) is 0.360. The number of allylic oxidation sites excluding steroid dienone is 4. The topological polar surface area (TPSA) is 12.0 Å². The van der Waals surface area contributed by atoms with E-state index < -0.39 is 8.24 Å². The van der Waals surface area contributed by atoms with E-state index in [1.54, 1.807) is 10.8 Å². The van der Waals surface area contributed by atoms with Crippen LogP contribution in [-0.2, 0) is 0 Å². The predicted molar refractivity (Wildman–Crippen MR) is 121 cm³/mol. The second-order valence-electron chi connectivity index (χ2n) is 9.07. The first-order valence-corrected chi connectivity index (χ1v) is 12.1. The van der Waals surface area contributed by atoms with E-state index in [9.17, 15) is 0 Å². The van der Waals surface area contributed by atoms with Gasteiger partial charge >= 0.3 is 0 Å². The van der Waals surface area contributed by atoms with E-state index in [2.05, 4.69) is 112 Å². The molecule has 3 rings (SSSR count). The summed E-state index contributed by atoms with van der Waals surface area (Å²) in [5.74, 6) is 0.658. The van der Waals surface area contributed by atoms with Crippen LogP contribution < -0.4 is 15.4 Å². The highest BCUT2D eigenvalue weighted by molar-refractivity contribution is 7.05. The Balaban J connectivity index is 2.31. The summed E-state index contributed by atoms with van der Waals surface area (Å²) in [6.45, 7) is 11.5. The summed E-state index contributed by atoms with van der Waals surface area (Å²) >= 11 is 0. The van der Waals surface area contributed by atoms with Gasteiger partial charge in [0.15, 0.2) is 0 Å². The van der Waals surface area contributed by atoms with Gasteiger partial charge in [-0.15, -0.1) is 0 Å². The molecule has 0 aromatic heterocycles. The van der Waals surface area contributed by atoms with Crippen LogP contribution in [0.4, 0.5) is 0 Å². The van der Waals surface area contributed by atoms with Crippen molar-refractivity contribution in [3.05, 3.63) is 83.6 Å². The summed E-state index contributed by atoms with van der Waals surface area (Å²) < 4.78 is 0. The molecule has 1 aliphatic carbocycles. The molecular weight excluding hydrogens is 342 g/mol. The molecule has 1 aliphatic rings. The molecule has 0 radical (unpaired) electrons. The summed E-state index contributed by atoms with van der Waals surface area (Å²) in [7, 11) is -2.31. The van der Waals surface area contributed by atoms with Crippen LogP contribution in [0.1, 0.15) is 47.5 Å². The molecule has 2 aromatic rings. The zero-order valence-electron chi connectivity index (χ0n) is 17.4. The van der Waals surface area contributed by atoms with Crippen LogP contribution in [0.15, 0.2) is 83.6 Å². The maximum atomic E-state index is 4.19. The summed E-state index contributed by atoms with van der Waals surface area (Å²) in [6, 6.07) is 22.3. The second kappa shape index (κ2) is 8.00.